The second-order valence-electron chi connectivity index (χ2n) is 9.75. The number of halogens is 2. The van der Waals surface area contributed by atoms with Gasteiger partial charge < -0.3 is 10.6 Å². The Morgan fingerprint density at radius 2 is 1.24 bits per heavy atom. The molecule has 0 radical (unpaired) electrons. The van der Waals surface area contributed by atoms with E-state index in [9.17, 15) is 0 Å². The number of alkyl halides is 1. The van der Waals surface area contributed by atoms with Gasteiger partial charge in [0.15, 0.2) is 0 Å². The first kappa shape index (κ1) is 29.6. The van der Waals surface area contributed by atoms with E-state index in [1.54, 1.807) is 6.20 Å². The van der Waals surface area contributed by atoms with Gasteiger partial charge in [-0.2, -0.15) is 0 Å². The summed E-state index contributed by atoms with van der Waals surface area (Å²) in [4.78, 5) is 19.4. The van der Waals surface area contributed by atoms with E-state index >= 15 is 0 Å². The summed E-state index contributed by atoms with van der Waals surface area (Å²) in [6.07, 6.45) is 5.84. The summed E-state index contributed by atoms with van der Waals surface area (Å²) in [6.45, 7) is 2.94. The second-order valence-corrected chi connectivity index (χ2v) is 10.9. The summed E-state index contributed by atoms with van der Waals surface area (Å²) in [7, 11) is 0. The van der Waals surface area contributed by atoms with Crippen LogP contribution in [0.3, 0.4) is 0 Å². The lowest BCUT2D eigenvalue weighted by Gasteiger charge is -2.30. The van der Waals surface area contributed by atoms with Crippen molar-refractivity contribution in [3.05, 3.63) is 115 Å². The minimum absolute atomic E-state index is 0.274. The van der Waals surface area contributed by atoms with Crippen molar-refractivity contribution in [2.24, 2.45) is 5.73 Å². The largest absolute Gasteiger partial charge is 0.341 e. The number of rotatable bonds is 5. The van der Waals surface area contributed by atoms with Crippen LogP contribution in [0.4, 0.5) is 5.95 Å². The molecule has 6 nitrogen and oxygen atoms in total. The Bertz CT molecular complexity index is 1760. The van der Waals surface area contributed by atoms with E-state index in [-0.39, 0.29) is 5.28 Å². The molecule has 6 aromatic rings. The summed E-state index contributed by atoms with van der Waals surface area (Å²) in [5.74, 6) is 0.849. The molecule has 0 aliphatic carbocycles. The Labute approximate surface area is 259 Å². The van der Waals surface area contributed by atoms with E-state index < -0.39 is 0 Å². The minimum atomic E-state index is 0.274. The molecule has 1 aliphatic rings. The number of hydrogen-bond donors (Lipinski definition) is 1. The fourth-order valence-corrected chi connectivity index (χ4v) is 4.92. The van der Waals surface area contributed by atoms with Crippen LogP contribution in [0.1, 0.15) is 12.8 Å². The van der Waals surface area contributed by atoms with Gasteiger partial charge in [-0.25, -0.2) is 19.9 Å². The maximum absolute atomic E-state index is 5.79. The minimum Gasteiger partial charge on any atom is -0.341 e. The van der Waals surface area contributed by atoms with Crippen LogP contribution >= 0.6 is 27.5 Å². The van der Waals surface area contributed by atoms with Gasteiger partial charge in [-0.05, 0) is 76.8 Å². The van der Waals surface area contributed by atoms with Gasteiger partial charge in [-0.1, -0.05) is 88.7 Å². The zero-order chi connectivity index (χ0) is 29.1. The van der Waals surface area contributed by atoms with Crippen molar-refractivity contribution in [3.8, 4) is 22.5 Å². The molecule has 7 rings (SSSR count). The first-order valence-electron chi connectivity index (χ1n) is 14.0. The third-order valence-corrected chi connectivity index (χ3v) is 7.58. The van der Waals surface area contributed by atoms with Crippen LogP contribution in [0.2, 0.25) is 5.28 Å². The maximum atomic E-state index is 5.79. The van der Waals surface area contributed by atoms with Crippen molar-refractivity contribution in [1.29, 1.82) is 0 Å². The number of nitrogens with two attached hydrogens (primary N) is 1. The molecule has 0 spiro atoms. The normalized spacial score (nSPS) is 12.1. The Morgan fingerprint density at radius 1 is 0.690 bits per heavy atom. The number of aromatic nitrogens is 4. The van der Waals surface area contributed by atoms with Crippen molar-refractivity contribution in [2.75, 3.05) is 29.9 Å². The average Bonchev–Trinajstić information content (AvgIpc) is 3.01. The predicted octanol–water partition coefficient (Wildman–Crippen LogP) is 8.19. The average molecular weight is 640 g/mol. The molecule has 2 N–H and O–H groups in total. The smallest absolute Gasteiger partial charge is 0.225 e. The Kier molecular flexibility index (Phi) is 10.4. The van der Waals surface area contributed by atoms with Crippen LogP contribution < -0.4 is 10.6 Å². The highest BCUT2D eigenvalue weighted by Gasteiger charge is 2.17. The number of benzene rings is 4. The number of anilines is 1. The van der Waals surface area contributed by atoms with E-state index in [0.29, 0.717) is 0 Å². The van der Waals surface area contributed by atoms with E-state index in [0.717, 1.165) is 59.8 Å². The Hall–Kier alpha value is -3.91. The van der Waals surface area contributed by atoms with E-state index in [4.69, 9.17) is 17.3 Å². The molecule has 1 fully saturated rings. The molecule has 1 saturated heterocycles. The van der Waals surface area contributed by atoms with E-state index in [1.807, 2.05) is 36.5 Å². The van der Waals surface area contributed by atoms with Gasteiger partial charge in [0.1, 0.15) is 0 Å². The molecule has 0 bridgehead atoms. The van der Waals surface area contributed by atoms with Crippen LogP contribution in [0.25, 0.3) is 44.1 Å². The molecule has 42 heavy (non-hydrogen) atoms. The monoisotopic (exact) mass is 638 g/mol. The highest BCUT2D eigenvalue weighted by Crippen LogP contribution is 2.25. The van der Waals surface area contributed by atoms with Gasteiger partial charge in [0.05, 0.1) is 11.4 Å². The highest BCUT2D eigenvalue weighted by atomic mass is 79.9. The molecule has 4 aromatic carbocycles. The summed E-state index contributed by atoms with van der Waals surface area (Å²) in [5.41, 5.74) is 9.14. The quantitative estimate of drug-likeness (QED) is 0.151. The number of hydrogen-bond acceptors (Lipinski definition) is 6. The van der Waals surface area contributed by atoms with Crippen LogP contribution in [0, 0.1) is 0 Å². The van der Waals surface area contributed by atoms with Gasteiger partial charge >= 0.3 is 0 Å². The van der Waals surface area contributed by atoms with Crippen molar-refractivity contribution in [3.63, 3.8) is 0 Å². The molecular weight excluding hydrogens is 608 g/mol. The lowest BCUT2D eigenvalue weighted by Crippen LogP contribution is -2.38. The van der Waals surface area contributed by atoms with Gasteiger partial charge in [0.25, 0.3) is 0 Å². The molecule has 0 amide bonds. The Balaban J connectivity index is 0.000000147. The van der Waals surface area contributed by atoms with Crippen LogP contribution in [0.15, 0.2) is 109 Å². The molecule has 0 saturated carbocycles. The molecule has 2 aromatic heterocycles. The number of fused-ring (bicyclic) bond motifs is 2. The molecule has 212 valence electrons. The zero-order valence-electron chi connectivity index (χ0n) is 23.2. The summed E-state index contributed by atoms with van der Waals surface area (Å²) < 4.78 is 0. The summed E-state index contributed by atoms with van der Waals surface area (Å²) in [5, 5.41) is 6.22. The molecule has 0 atom stereocenters. The van der Waals surface area contributed by atoms with Crippen LogP contribution in [0.5, 0.6) is 0 Å². The lowest BCUT2D eigenvalue weighted by molar-refractivity contribution is 0.600. The van der Waals surface area contributed by atoms with Crippen LogP contribution in [-0.2, 0) is 0 Å². The maximum Gasteiger partial charge on any atom is 0.225 e. The first-order valence-corrected chi connectivity index (χ1v) is 15.5. The first-order chi connectivity index (χ1) is 20.6. The second kappa shape index (κ2) is 14.8. The van der Waals surface area contributed by atoms with Crippen molar-refractivity contribution in [2.45, 2.75) is 12.8 Å². The van der Waals surface area contributed by atoms with E-state index in [2.05, 4.69) is 107 Å². The standard InChI is InChI=1S/C17H15N3.C14H9ClN2.C3H8BrN/c1-2-5-14-12-15(7-6-13(14)4-1)16-8-9-18-17(19-16)20-10-3-11-20;15-14-16-8-7-13(17-14)12-6-5-10-3-1-2-4-11(10)9-12;4-2-1-3-5/h1-2,4-9,12H,3,10-11H2;1-9H;1-3,5H2. The summed E-state index contributed by atoms with van der Waals surface area (Å²) >= 11 is 9.02. The van der Waals surface area contributed by atoms with Gasteiger partial charge in [-0.15, -0.1) is 0 Å². The molecule has 0 unspecified atom stereocenters. The molecule has 3 heterocycles. The van der Waals surface area contributed by atoms with Crippen LogP contribution in [-0.4, -0.2) is 44.9 Å². The third-order valence-electron chi connectivity index (χ3n) is 6.84. The van der Waals surface area contributed by atoms with E-state index in [1.165, 1.54) is 28.0 Å². The van der Waals surface area contributed by atoms with Gasteiger partial charge in [0.2, 0.25) is 11.2 Å². The molecular formula is C34H32BrClN6. The number of nitrogens with zero attached hydrogens (tertiary/aromatic N) is 5. The fraction of sp³-hybridized carbons (Fsp3) is 0.176. The Morgan fingerprint density at radius 3 is 1.71 bits per heavy atom. The zero-order valence-corrected chi connectivity index (χ0v) is 25.5. The SMILES string of the molecule is Clc1nccc(-c2ccc3ccccc3c2)n1.NCCCBr.c1ccc2cc(-c3ccnc(N4CCC4)n3)ccc2c1. The third kappa shape index (κ3) is 7.68. The lowest BCUT2D eigenvalue weighted by atomic mass is 10.1. The van der Waals surface area contributed by atoms with Crippen molar-refractivity contribution >= 4 is 55.0 Å². The fourth-order valence-electron chi connectivity index (χ4n) is 4.45. The van der Waals surface area contributed by atoms with Gasteiger partial charge in [0, 0.05) is 41.9 Å². The van der Waals surface area contributed by atoms with Gasteiger partial charge in [-0.3, -0.25) is 0 Å². The molecule has 8 heteroatoms. The predicted molar refractivity (Wildman–Crippen MR) is 179 cm³/mol. The summed E-state index contributed by atoms with van der Waals surface area (Å²) in [6, 6.07) is 33.2. The van der Waals surface area contributed by atoms with Crippen molar-refractivity contribution in [1.82, 2.24) is 19.9 Å². The topological polar surface area (TPSA) is 80.8 Å². The molecule has 1 aliphatic heterocycles. The highest BCUT2D eigenvalue weighted by molar-refractivity contribution is 9.09. The van der Waals surface area contributed by atoms with Crippen molar-refractivity contribution < 1.29 is 0 Å².